The Morgan fingerprint density at radius 2 is 2.09 bits per heavy atom. The minimum Gasteiger partial charge on any atom is -0.442 e. The largest absolute Gasteiger partial charge is 0.442 e. The predicted octanol–water partition coefficient (Wildman–Crippen LogP) is 2.85. The Morgan fingerprint density at radius 3 is 2.75 bits per heavy atom. The van der Waals surface area contributed by atoms with E-state index in [1.807, 2.05) is 35.0 Å². The van der Waals surface area contributed by atoms with Crippen molar-refractivity contribution in [2.45, 2.75) is 25.6 Å². The Labute approximate surface area is 184 Å². The maximum absolute atomic E-state index is 14.9. The highest BCUT2D eigenvalue weighted by atomic mass is 19.1. The minimum atomic E-state index is -0.566. The number of hydrogen-bond acceptors (Lipinski definition) is 5. The van der Waals surface area contributed by atoms with Crippen LogP contribution in [0.2, 0.25) is 0 Å². The number of nitrogens with zero attached hydrogens (tertiary/aromatic N) is 3. The summed E-state index contributed by atoms with van der Waals surface area (Å²) in [6.07, 6.45) is 4.22. The first-order valence-corrected chi connectivity index (χ1v) is 10.2. The third kappa shape index (κ3) is 4.78. The normalized spacial score (nSPS) is 16.7. The summed E-state index contributed by atoms with van der Waals surface area (Å²) in [6.45, 7) is 2.44. The molecular formula is C23H24FN5O3. The topological polar surface area (TPSA) is 102 Å². The van der Waals surface area contributed by atoms with Crippen molar-refractivity contribution in [3.63, 3.8) is 0 Å². The van der Waals surface area contributed by atoms with Gasteiger partial charge in [0.15, 0.2) is 0 Å². The molecule has 3 aromatic rings. The molecular weight excluding hydrogens is 413 g/mol. The zero-order chi connectivity index (χ0) is 22.7. The van der Waals surface area contributed by atoms with E-state index in [1.165, 1.54) is 17.9 Å². The zero-order valence-corrected chi connectivity index (χ0v) is 17.6. The van der Waals surface area contributed by atoms with Crippen LogP contribution in [0.25, 0.3) is 11.1 Å². The quantitative estimate of drug-likeness (QED) is 0.592. The number of nitrogens with one attached hydrogen (secondary N) is 1. The number of hydrogen-bond donors (Lipinski definition) is 2. The summed E-state index contributed by atoms with van der Waals surface area (Å²) in [5.41, 5.74) is 8.73. The van der Waals surface area contributed by atoms with Gasteiger partial charge < -0.3 is 20.4 Å². The number of halogens is 1. The van der Waals surface area contributed by atoms with Crippen LogP contribution in [0.3, 0.4) is 0 Å². The van der Waals surface area contributed by atoms with Crippen molar-refractivity contribution in [1.29, 1.82) is 0 Å². The number of cyclic esters (lactones) is 1. The molecule has 0 aliphatic carbocycles. The van der Waals surface area contributed by atoms with Crippen molar-refractivity contribution in [2.75, 3.05) is 18.0 Å². The maximum atomic E-state index is 14.9. The first kappa shape index (κ1) is 21.5. The van der Waals surface area contributed by atoms with E-state index in [0.29, 0.717) is 23.4 Å². The fourth-order valence-electron chi connectivity index (χ4n) is 3.64. The standard InChI is InChI=1S/C23H24FN5O3/c1-15(30)27-11-19-12-29(23(31)32-19)18-6-7-20(21(24)10-18)16-2-4-17(5-3-16)22(25)13-28-9-8-26-14-28/h2-10,14,19,22H,11-13,25H2,1H3,(H,27,30)/t19-,22-/m0/s1. The summed E-state index contributed by atoms with van der Waals surface area (Å²) in [5.74, 6) is -0.653. The van der Waals surface area contributed by atoms with Crippen LogP contribution in [0.5, 0.6) is 0 Å². The highest BCUT2D eigenvalue weighted by Crippen LogP contribution is 2.30. The molecule has 32 heavy (non-hydrogen) atoms. The second-order valence-corrected chi connectivity index (χ2v) is 7.71. The van der Waals surface area contributed by atoms with Crippen molar-refractivity contribution in [2.24, 2.45) is 5.73 Å². The van der Waals surface area contributed by atoms with Crippen LogP contribution >= 0.6 is 0 Å². The maximum Gasteiger partial charge on any atom is 0.414 e. The molecule has 2 atom stereocenters. The van der Waals surface area contributed by atoms with Crippen LogP contribution in [0.1, 0.15) is 18.5 Å². The average Bonchev–Trinajstić information content (AvgIpc) is 3.41. The minimum absolute atomic E-state index is 0.205. The molecule has 0 radical (unpaired) electrons. The van der Waals surface area contributed by atoms with Crippen molar-refractivity contribution >= 4 is 17.7 Å². The van der Waals surface area contributed by atoms with Gasteiger partial charge >= 0.3 is 6.09 Å². The van der Waals surface area contributed by atoms with Gasteiger partial charge in [0.2, 0.25) is 5.91 Å². The van der Waals surface area contributed by atoms with E-state index in [2.05, 4.69) is 10.3 Å². The molecule has 1 saturated heterocycles. The molecule has 8 nitrogen and oxygen atoms in total. The Bertz CT molecular complexity index is 1100. The second kappa shape index (κ2) is 9.19. The third-order valence-electron chi connectivity index (χ3n) is 5.33. The average molecular weight is 437 g/mol. The molecule has 166 valence electrons. The van der Waals surface area contributed by atoms with Crippen LogP contribution in [0.4, 0.5) is 14.9 Å². The summed E-state index contributed by atoms with van der Waals surface area (Å²) < 4.78 is 22.1. The lowest BCUT2D eigenvalue weighted by molar-refractivity contribution is -0.119. The molecule has 0 unspecified atom stereocenters. The molecule has 1 aliphatic rings. The van der Waals surface area contributed by atoms with E-state index in [9.17, 15) is 14.0 Å². The molecule has 9 heteroatoms. The summed E-state index contributed by atoms with van der Waals surface area (Å²) in [7, 11) is 0. The molecule has 0 saturated carbocycles. The van der Waals surface area contributed by atoms with Gasteiger partial charge in [-0.25, -0.2) is 14.2 Å². The first-order valence-electron chi connectivity index (χ1n) is 10.2. The fraction of sp³-hybridized carbons (Fsp3) is 0.261. The van der Waals surface area contributed by atoms with Crippen LogP contribution in [0, 0.1) is 5.82 Å². The Hall–Kier alpha value is -3.72. The van der Waals surface area contributed by atoms with Gasteiger partial charge in [-0.1, -0.05) is 24.3 Å². The third-order valence-corrected chi connectivity index (χ3v) is 5.33. The number of benzene rings is 2. The van der Waals surface area contributed by atoms with Gasteiger partial charge in [-0.2, -0.15) is 0 Å². The van der Waals surface area contributed by atoms with Crippen LogP contribution < -0.4 is 16.0 Å². The van der Waals surface area contributed by atoms with E-state index in [4.69, 9.17) is 10.5 Å². The second-order valence-electron chi connectivity index (χ2n) is 7.71. The molecule has 3 N–H and O–H groups in total. The van der Waals surface area contributed by atoms with Crippen molar-refractivity contribution in [3.05, 3.63) is 72.6 Å². The SMILES string of the molecule is CC(=O)NC[C@H]1CN(c2ccc(-c3ccc([C@@H](N)Cn4ccnc4)cc3)c(F)c2)C(=O)O1. The molecule has 0 spiro atoms. The number of ether oxygens (including phenoxy) is 1. The molecule has 2 amide bonds. The number of amides is 2. The van der Waals surface area contributed by atoms with Gasteiger partial charge in [-0.05, 0) is 29.3 Å². The Balaban J connectivity index is 1.45. The summed E-state index contributed by atoms with van der Waals surface area (Å²) >= 11 is 0. The molecule has 2 aromatic carbocycles. The van der Waals surface area contributed by atoms with Crippen LogP contribution in [-0.4, -0.2) is 40.7 Å². The Kier molecular flexibility index (Phi) is 6.18. The molecule has 1 aliphatic heterocycles. The van der Waals surface area contributed by atoms with E-state index in [0.717, 1.165) is 5.56 Å². The number of nitrogens with two attached hydrogens (primary N) is 1. The number of imidazole rings is 1. The summed E-state index contributed by atoms with van der Waals surface area (Å²) in [4.78, 5) is 28.6. The number of carbonyl (C=O) groups is 2. The number of carbonyl (C=O) groups excluding carboxylic acids is 2. The van der Waals surface area contributed by atoms with Crippen molar-refractivity contribution in [3.8, 4) is 11.1 Å². The number of anilines is 1. The van der Waals surface area contributed by atoms with E-state index >= 15 is 0 Å². The highest BCUT2D eigenvalue weighted by Gasteiger charge is 2.32. The van der Waals surface area contributed by atoms with Gasteiger partial charge in [0.05, 0.1) is 25.1 Å². The van der Waals surface area contributed by atoms with E-state index in [-0.39, 0.29) is 25.0 Å². The molecule has 4 rings (SSSR count). The predicted molar refractivity (Wildman–Crippen MR) is 117 cm³/mol. The van der Waals surface area contributed by atoms with Gasteiger partial charge in [0, 0.05) is 37.5 Å². The van der Waals surface area contributed by atoms with Gasteiger partial charge in [0.25, 0.3) is 0 Å². The molecule has 1 fully saturated rings. The Morgan fingerprint density at radius 1 is 1.31 bits per heavy atom. The summed E-state index contributed by atoms with van der Waals surface area (Å²) in [5, 5.41) is 2.62. The van der Waals surface area contributed by atoms with Crippen molar-refractivity contribution in [1.82, 2.24) is 14.9 Å². The zero-order valence-electron chi connectivity index (χ0n) is 17.6. The fourth-order valence-corrected chi connectivity index (χ4v) is 3.64. The van der Waals surface area contributed by atoms with Gasteiger partial charge in [0.1, 0.15) is 11.9 Å². The van der Waals surface area contributed by atoms with E-state index in [1.54, 1.807) is 24.7 Å². The lowest BCUT2D eigenvalue weighted by Gasteiger charge is -2.15. The highest BCUT2D eigenvalue weighted by molar-refractivity contribution is 5.90. The van der Waals surface area contributed by atoms with Gasteiger partial charge in [-0.15, -0.1) is 0 Å². The smallest absolute Gasteiger partial charge is 0.414 e. The first-order chi connectivity index (χ1) is 15.4. The lowest BCUT2D eigenvalue weighted by atomic mass is 10.00. The molecule has 1 aromatic heterocycles. The van der Waals surface area contributed by atoms with Crippen LogP contribution in [-0.2, 0) is 16.1 Å². The molecule has 0 bridgehead atoms. The van der Waals surface area contributed by atoms with E-state index < -0.39 is 18.0 Å². The van der Waals surface area contributed by atoms with Crippen LogP contribution in [0.15, 0.2) is 61.2 Å². The van der Waals surface area contributed by atoms with Gasteiger partial charge in [-0.3, -0.25) is 9.69 Å². The summed E-state index contributed by atoms with van der Waals surface area (Å²) in [6, 6.07) is 11.8. The number of aromatic nitrogens is 2. The van der Waals surface area contributed by atoms with Crippen molar-refractivity contribution < 1.29 is 18.7 Å². The lowest BCUT2D eigenvalue weighted by Crippen LogP contribution is -2.33. The molecule has 2 heterocycles. The number of rotatable bonds is 7. The monoisotopic (exact) mass is 437 g/mol.